The topological polar surface area (TPSA) is 94.5 Å². The molecule has 0 amide bonds. The van der Waals surface area contributed by atoms with Gasteiger partial charge in [-0.3, -0.25) is 10.1 Å². The average Bonchev–Trinajstić information content (AvgIpc) is 3.03. The molecular formula is C25H30Cl2FN3O3. The predicted molar refractivity (Wildman–Crippen MR) is 131 cm³/mol. The van der Waals surface area contributed by atoms with E-state index >= 15 is 4.39 Å². The standard InChI is InChI=1S/C25H30Cl2FN3O3/c1-23(2)8-9-25(17(32)12-23)24(3,15-6-5-13(26)11-16(15)29-4)18(20(31-25)22(33)34)14-7-10-30-21(27)19(14)28/h5-7,10-11,17-18,20,29,31-32H,8-9,12H2,1-4H3,(H,33,34)/t17?,18-,20+,24?,25?/m0/s1. The largest absolute Gasteiger partial charge is 0.480 e. The molecule has 1 aliphatic heterocycles. The number of hydrogen-bond acceptors (Lipinski definition) is 5. The van der Waals surface area contributed by atoms with Gasteiger partial charge in [-0.2, -0.15) is 0 Å². The Morgan fingerprint density at radius 3 is 2.56 bits per heavy atom. The number of rotatable bonds is 4. The van der Waals surface area contributed by atoms with Crippen molar-refractivity contribution in [3.8, 4) is 0 Å². The number of pyridine rings is 1. The first-order valence-corrected chi connectivity index (χ1v) is 12.1. The van der Waals surface area contributed by atoms with E-state index in [9.17, 15) is 15.0 Å². The van der Waals surface area contributed by atoms with Crippen LogP contribution in [0.4, 0.5) is 10.1 Å². The Labute approximate surface area is 208 Å². The maximum atomic E-state index is 15.5. The summed E-state index contributed by atoms with van der Waals surface area (Å²) in [7, 11) is 1.75. The summed E-state index contributed by atoms with van der Waals surface area (Å²) in [6, 6.07) is 5.64. The van der Waals surface area contributed by atoms with Crippen LogP contribution in [0.1, 0.15) is 57.1 Å². The second-order valence-corrected chi connectivity index (χ2v) is 11.2. The molecule has 4 N–H and O–H groups in total. The molecule has 0 bridgehead atoms. The fourth-order valence-corrected chi connectivity index (χ4v) is 6.69. The number of carbonyl (C=O) groups is 1. The molecule has 1 aliphatic carbocycles. The number of aliphatic carboxylic acids is 1. The van der Waals surface area contributed by atoms with Crippen molar-refractivity contribution in [3.63, 3.8) is 0 Å². The molecule has 2 fully saturated rings. The summed E-state index contributed by atoms with van der Waals surface area (Å²) in [5.41, 5.74) is -0.649. The second kappa shape index (κ2) is 8.63. The van der Waals surface area contributed by atoms with Gasteiger partial charge in [-0.1, -0.05) is 50.0 Å². The number of carboxylic acids is 1. The lowest BCUT2D eigenvalue weighted by Crippen LogP contribution is -2.65. The molecule has 184 valence electrons. The highest BCUT2D eigenvalue weighted by molar-refractivity contribution is 6.31. The van der Waals surface area contributed by atoms with Crippen molar-refractivity contribution in [2.24, 2.45) is 5.41 Å². The number of aromatic nitrogens is 1. The highest BCUT2D eigenvalue weighted by Crippen LogP contribution is 2.61. The zero-order chi connectivity index (χ0) is 25.1. The Bertz CT molecular complexity index is 1130. The number of nitrogens with one attached hydrogen (secondary N) is 2. The second-order valence-electron chi connectivity index (χ2n) is 10.4. The van der Waals surface area contributed by atoms with Gasteiger partial charge in [-0.25, -0.2) is 9.37 Å². The molecule has 1 saturated heterocycles. The molecule has 0 radical (unpaired) electrons. The first-order valence-electron chi connectivity index (χ1n) is 11.3. The molecule has 4 rings (SSSR count). The number of benzene rings is 1. The maximum absolute atomic E-state index is 15.5. The van der Waals surface area contributed by atoms with Crippen LogP contribution in [0.5, 0.6) is 0 Å². The molecule has 3 unspecified atom stereocenters. The number of aliphatic hydroxyl groups excluding tert-OH is 1. The fourth-order valence-electron chi connectivity index (χ4n) is 6.35. The van der Waals surface area contributed by atoms with Crippen molar-refractivity contribution in [1.29, 1.82) is 0 Å². The summed E-state index contributed by atoms with van der Waals surface area (Å²) in [4.78, 5) is 16.4. The van der Waals surface area contributed by atoms with E-state index in [1.165, 1.54) is 12.3 Å². The van der Waals surface area contributed by atoms with Gasteiger partial charge in [-0.05, 0) is 54.0 Å². The van der Waals surface area contributed by atoms with Crippen LogP contribution in [0.3, 0.4) is 0 Å². The fraction of sp³-hybridized carbons (Fsp3) is 0.520. The van der Waals surface area contributed by atoms with E-state index in [0.717, 1.165) is 12.0 Å². The lowest BCUT2D eigenvalue weighted by molar-refractivity contribution is -0.140. The predicted octanol–water partition coefficient (Wildman–Crippen LogP) is 4.98. The van der Waals surface area contributed by atoms with Gasteiger partial charge in [-0.15, -0.1) is 0 Å². The van der Waals surface area contributed by atoms with E-state index in [2.05, 4.69) is 29.5 Å². The van der Waals surface area contributed by atoms with Gasteiger partial charge < -0.3 is 15.5 Å². The van der Waals surface area contributed by atoms with Crippen molar-refractivity contribution < 1.29 is 19.4 Å². The zero-order valence-electron chi connectivity index (χ0n) is 19.6. The van der Waals surface area contributed by atoms with Crippen molar-refractivity contribution in [3.05, 3.63) is 57.6 Å². The Balaban J connectivity index is 2.06. The number of hydrogen-bond donors (Lipinski definition) is 4. The monoisotopic (exact) mass is 509 g/mol. The van der Waals surface area contributed by atoms with Crippen LogP contribution in [0.2, 0.25) is 10.2 Å². The summed E-state index contributed by atoms with van der Waals surface area (Å²) in [6.07, 6.45) is 2.23. The normalized spacial score (nSPS) is 32.6. The van der Waals surface area contributed by atoms with Gasteiger partial charge >= 0.3 is 5.97 Å². The Kier molecular flexibility index (Phi) is 6.39. The molecule has 6 nitrogen and oxygen atoms in total. The van der Waals surface area contributed by atoms with Gasteiger partial charge in [0.1, 0.15) is 6.04 Å². The van der Waals surface area contributed by atoms with E-state index in [4.69, 9.17) is 23.2 Å². The molecule has 2 aromatic rings. The third-order valence-corrected chi connectivity index (χ3v) is 8.59. The lowest BCUT2D eigenvalue weighted by Gasteiger charge is -2.54. The molecule has 5 atom stereocenters. The van der Waals surface area contributed by atoms with Crippen LogP contribution in [-0.4, -0.2) is 45.9 Å². The van der Waals surface area contributed by atoms with Crippen LogP contribution in [0.25, 0.3) is 0 Å². The van der Waals surface area contributed by atoms with Gasteiger partial charge in [0.15, 0.2) is 11.0 Å². The van der Waals surface area contributed by atoms with Crippen LogP contribution in [0, 0.1) is 11.2 Å². The van der Waals surface area contributed by atoms with E-state index in [-0.39, 0.29) is 16.1 Å². The number of nitrogens with zero attached hydrogens (tertiary/aromatic N) is 1. The Morgan fingerprint density at radius 1 is 1.24 bits per heavy atom. The summed E-state index contributed by atoms with van der Waals surface area (Å²) < 4.78 is 15.5. The van der Waals surface area contributed by atoms with E-state index in [1.807, 2.05) is 13.0 Å². The summed E-state index contributed by atoms with van der Waals surface area (Å²) in [5.74, 6) is -2.77. The first-order chi connectivity index (χ1) is 15.9. The molecule has 9 heteroatoms. The average molecular weight is 510 g/mol. The zero-order valence-corrected chi connectivity index (χ0v) is 21.1. The van der Waals surface area contributed by atoms with Crippen LogP contribution >= 0.6 is 23.2 Å². The van der Waals surface area contributed by atoms with Gasteiger partial charge in [0.05, 0.1) is 11.6 Å². The number of carboxylic acid groups (broad SMARTS) is 1. The summed E-state index contributed by atoms with van der Waals surface area (Å²) >= 11 is 12.3. The molecule has 1 spiro atoms. The molecule has 2 aliphatic rings. The van der Waals surface area contributed by atoms with Gasteiger partial charge in [0.2, 0.25) is 0 Å². The minimum atomic E-state index is -1.17. The lowest BCUT2D eigenvalue weighted by atomic mass is 9.52. The quantitative estimate of drug-likeness (QED) is 0.434. The van der Waals surface area contributed by atoms with E-state index < -0.39 is 40.8 Å². The molecule has 34 heavy (non-hydrogen) atoms. The number of anilines is 1. The SMILES string of the molecule is CNc1cc(Cl)ccc1C1(C)[C@@H](c2ccnc(Cl)c2F)[C@H](C(=O)O)NC12CCC(C)(C)CC2O. The molecule has 1 aromatic carbocycles. The van der Waals surface area contributed by atoms with Crippen LogP contribution in [-0.2, 0) is 10.2 Å². The summed E-state index contributed by atoms with van der Waals surface area (Å²) in [6.45, 7) is 6.09. The van der Waals surface area contributed by atoms with Crippen molar-refractivity contribution in [2.45, 2.75) is 69.1 Å². The first kappa shape index (κ1) is 25.2. The number of halogens is 3. The molecule has 2 heterocycles. The van der Waals surface area contributed by atoms with Crippen molar-refractivity contribution >= 4 is 34.9 Å². The number of aliphatic hydroxyl groups is 1. The molecule has 1 saturated carbocycles. The van der Waals surface area contributed by atoms with Crippen molar-refractivity contribution in [2.75, 3.05) is 12.4 Å². The highest BCUT2D eigenvalue weighted by Gasteiger charge is 2.68. The van der Waals surface area contributed by atoms with Crippen LogP contribution < -0.4 is 10.6 Å². The smallest absolute Gasteiger partial charge is 0.321 e. The minimum absolute atomic E-state index is 0.124. The molecular weight excluding hydrogens is 480 g/mol. The van der Waals surface area contributed by atoms with Crippen LogP contribution in [0.15, 0.2) is 30.5 Å². The Hall–Kier alpha value is -1.93. The van der Waals surface area contributed by atoms with E-state index in [0.29, 0.717) is 23.6 Å². The molecule has 1 aromatic heterocycles. The third-order valence-electron chi connectivity index (χ3n) is 8.09. The van der Waals surface area contributed by atoms with Gasteiger partial charge in [0.25, 0.3) is 0 Å². The van der Waals surface area contributed by atoms with E-state index in [1.54, 1.807) is 19.2 Å². The van der Waals surface area contributed by atoms with Crippen molar-refractivity contribution in [1.82, 2.24) is 10.3 Å². The summed E-state index contributed by atoms with van der Waals surface area (Å²) in [5, 5.41) is 28.6. The third kappa shape index (κ3) is 3.68. The Morgan fingerprint density at radius 2 is 1.94 bits per heavy atom. The highest BCUT2D eigenvalue weighted by atomic mass is 35.5. The maximum Gasteiger partial charge on any atom is 0.321 e. The van der Waals surface area contributed by atoms with Gasteiger partial charge in [0, 0.05) is 35.3 Å². The minimum Gasteiger partial charge on any atom is -0.480 e.